The lowest BCUT2D eigenvalue weighted by molar-refractivity contribution is -0.0494. The molecule has 1 atom stereocenters. The smallest absolute Gasteiger partial charge is 0.424 e. The van der Waals surface area contributed by atoms with Crippen LogP contribution in [0.5, 0.6) is 5.88 Å². The third-order valence-electron chi connectivity index (χ3n) is 7.26. The van der Waals surface area contributed by atoms with Gasteiger partial charge in [-0.2, -0.15) is 4.98 Å². The number of carbonyl (C=O) groups is 2. The fourth-order valence-corrected chi connectivity index (χ4v) is 6.00. The molecule has 0 unspecified atom stereocenters. The van der Waals surface area contributed by atoms with Crippen molar-refractivity contribution in [3.05, 3.63) is 65.2 Å². The predicted molar refractivity (Wildman–Crippen MR) is 175 cm³/mol. The van der Waals surface area contributed by atoms with Gasteiger partial charge in [-0.25, -0.2) is 32.9 Å². The van der Waals surface area contributed by atoms with Crippen molar-refractivity contribution in [1.29, 1.82) is 0 Å². The summed E-state index contributed by atoms with van der Waals surface area (Å²) in [5.74, 6) is -0.0194. The zero-order chi connectivity index (χ0) is 33.4. The normalized spacial score (nSPS) is 12.5. The number of carbonyl (C=O) groups excluding carboxylic acids is 2. The molecule has 1 aromatic heterocycles. The van der Waals surface area contributed by atoms with Crippen molar-refractivity contribution < 1.29 is 27.5 Å². The standard InChI is InChI=1S/C33H45N5O6S/c1-9-10-17-38(32(40)43-8)37(7)26(20-33(4,5)6)22-44-29-19-28(30-23(2)13-11-14-24(30)3)34-31(35-29)36-45(41,42)27-16-12-15-25(18-27)21-39/h11-16,18-19,21,26H,9-10,17,20,22H2,1-8H3,(H,34,35,36)/t26-/m1/s1. The molecule has 0 bridgehead atoms. The first-order chi connectivity index (χ1) is 21.2. The van der Waals surface area contributed by atoms with E-state index in [1.165, 1.54) is 31.4 Å². The number of unbranched alkanes of at least 4 members (excludes halogenated alkanes) is 1. The summed E-state index contributed by atoms with van der Waals surface area (Å²) in [6.45, 7) is 12.9. The number of aryl methyl sites for hydroxylation is 2. The second-order valence-corrected chi connectivity index (χ2v) is 13.9. The molecule has 244 valence electrons. The van der Waals surface area contributed by atoms with E-state index in [1.54, 1.807) is 11.1 Å². The highest BCUT2D eigenvalue weighted by atomic mass is 32.2. The fourth-order valence-electron chi connectivity index (χ4n) is 5.00. The Hall–Kier alpha value is -4.03. The molecule has 1 heterocycles. The molecule has 0 aliphatic rings. The van der Waals surface area contributed by atoms with Crippen molar-refractivity contribution in [2.45, 2.75) is 71.7 Å². The molecule has 0 saturated heterocycles. The molecule has 0 spiro atoms. The van der Waals surface area contributed by atoms with Crippen LogP contribution in [-0.4, -0.2) is 74.1 Å². The first-order valence-corrected chi connectivity index (χ1v) is 16.4. The maximum Gasteiger partial charge on any atom is 0.424 e. The number of sulfonamides is 1. The van der Waals surface area contributed by atoms with E-state index in [0.717, 1.165) is 29.5 Å². The van der Waals surface area contributed by atoms with E-state index in [0.29, 0.717) is 24.9 Å². The molecule has 1 N–H and O–H groups in total. The molecule has 0 radical (unpaired) electrons. The number of nitrogens with zero attached hydrogens (tertiary/aromatic N) is 4. The summed E-state index contributed by atoms with van der Waals surface area (Å²) in [4.78, 5) is 32.9. The number of anilines is 1. The Morgan fingerprint density at radius 3 is 2.33 bits per heavy atom. The number of hydrogen-bond donors (Lipinski definition) is 1. The fraction of sp³-hybridized carbons (Fsp3) is 0.455. The average molecular weight is 640 g/mol. The van der Waals surface area contributed by atoms with E-state index in [1.807, 2.05) is 44.1 Å². The number of benzene rings is 2. The largest absolute Gasteiger partial charge is 0.476 e. The second-order valence-electron chi connectivity index (χ2n) is 12.2. The van der Waals surface area contributed by atoms with Crippen LogP contribution in [0, 0.1) is 19.3 Å². The summed E-state index contributed by atoms with van der Waals surface area (Å²) in [5, 5.41) is 3.43. The topological polar surface area (TPSA) is 131 Å². The van der Waals surface area contributed by atoms with Gasteiger partial charge in [0.15, 0.2) is 0 Å². The maximum absolute atomic E-state index is 13.3. The second kappa shape index (κ2) is 15.3. The SMILES string of the molecule is CCCCN(C(=O)OC)N(C)[C@@H](COc1cc(-c2c(C)cccc2C)nc(NS(=O)(=O)c2cccc(C=O)c2)n1)CC(C)(C)C. The van der Waals surface area contributed by atoms with E-state index in [9.17, 15) is 18.0 Å². The summed E-state index contributed by atoms with van der Waals surface area (Å²) >= 11 is 0. The first kappa shape index (κ1) is 35.4. The van der Waals surface area contributed by atoms with Gasteiger partial charge >= 0.3 is 6.09 Å². The molecular weight excluding hydrogens is 594 g/mol. The van der Waals surface area contributed by atoms with Gasteiger partial charge in [-0.05, 0) is 55.4 Å². The van der Waals surface area contributed by atoms with Crippen molar-refractivity contribution in [3.63, 3.8) is 0 Å². The van der Waals surface area contributed by atoms with Crippen molar-refractivity contribution in [3.8, 4) is 17.1 Å². The van der Waals surface area contributed by atoms with E-state index in [2.05, 4.69) is 42.4 Å². The van der Waals surface area contributed by atoms with E-state index in [-0.39, 0.29) is 40.4 Å². The van der Waals surface area contributed by atoms with Gasteiger partial charge in [0.25, 0.3) is 10.0 Å². The van der Waals surface area contributed by atoms with Gasteiger partial charge in [-0.15, -0.1) is 0 Å². The molecule has 45 heavy (non-hydrogen) atoms. The van der Waals surface area contributed by atoms with Crippen molar-refractivity contribution in [2.75, 3.05) is 32.0 Å². The van der Waals surface area contributed by atoms with Crippen molar-refractivity contribution in [2.24, 2.45) is 5.41 Å². The summed E-state index contributed by atoms with van der Waals surface area (Å²) < 4.78 is 40.5. The Balaban J connectivity index is 2.04. The van der Waals surface area contributed by atoms with Crippen LogP contribution in [0.25, 0.3) is 11.3 Å². The third-order valence-corrected chi connectivity index (χ3v) is 8.59. The number of methoxy groups -OCH3 is 1. The zero-order valence-corrected chi connectivity index (χ0v) is 28.3. The molecule has 0 fully saturated rings. The molecule has 3 rings (SSSR count). The minimum absolute atomic E-state index is 0.0995. The number of aromatic nitrogens is 2. The zero-order valence-electron chi connectivity index (χ0n) is 27.5. The Labute approximate surface area is 267 Å². The Bertz CT molecular complexity index is 1570. The number of nitrogens with one attached hydrogen (secondary N) is 1. The van der Waals surface area contributed by atoms with E-state index in [4.69, 9.17) is 9.47 Å². The lowest BCUT2D eigenvalue weighted by Crippen LogP contribution is -2.52. The van der Waals surface area contributed by atoms with Gasteiger partial charge in [0.1, 0.15) is 12.9 Å². The van der Waals surface area contributed by atoms with E-state index >= 15 is 0 Å². The van der Waals surface area contributed by atoms with E-state index < -0.39 is 16.1 Å². The highest BCUT2D eigenvalue weighted by Gasteiger charge is 2.30. The number of likely N-dealkylation sites (N-methyl/N-ethyl adjacent to an activating group) is 1. The lowest BCUT2D eigenvalue weighted by atomic mass is 9.88. The van der Waals surface area contributed by atoms with Gasteiger partial charge in [0.05, 0.1) is 23.7 Å². The Morgan fingerprint density at radius 1 is 1.07 bits per heavy atom. The van der Waals surface area contributed by atoms with Crippen LogP contribution < -0.4 is 9.46 Å². The molecule has 0 aliphatic heterocycles. The van der Waals surface area contributed by atoms with Crippen LogP contribution in [0.15, 0.2) is 53.4 Å². The minimum atomic E-state index is -4.14. The van der Waals surface area contributed by atoms with Gasteiger partial charge in [-0.3, -0.25) is 4.79 Å². The van der Waals surface area contributed by atoms with Crippen LogP contribution in [0.2, 0.25) is 0 Å². The average Bonchev–Trinajstić information content (AvgIpc) is 2.98. The molecule has 2 aromatic carbocycles. The number of ether oxygens (including phenoxy) is 2. The number of aldehydes is 1. The van der Waals surface area contributed by atoms with Gasteiger partial charge < -0.3 is 9.47 Å². The Morgan fingerprint density at radius 2 is 1.73 bits per heavy atom. The van der Waals surface area contributed by atoms with Crippen LogP contribution in [-0.2, 0) is 14.8 Å². The minimum Gasteiger partial charge on any atom is -0.476 e. The maximum atomic E-state index is 13.3. The first-order valence-electron chi connectivity index (χ1n) is 14.9. The number of hydrazine groups is 1. The molecule has 3 aromatic rings. The molecular formula is C33H45N5O6S. The molecule has 1 amide bonds. The summed E-state index contributed by atoms with van der Waals surface area (Å²) in [6, 6.07) is 12.9. The van der Waals surface area contributed by atoms with Crippen LogP contribution in [0.4, 0.5) is 10.7 Å². The van der Waals surface area contributed by atoms with Crippen molar-refractivity contribution >= 4 is 28.4 Å². The van der Waals surface area contributed by atoms with Crippen LogP contribution in [0.1, 0.15) is 68.4 Å². The van der Waals surface area contributed by atoms with Crippen LogP contribution >= 0.6 is 0 Å². The summed E-state index contributed by atoms with van der Waals surface area (Å²) in [5.41, 5.74) is 3.31. The Kier molecular flexibility index (Phi) is 12.1. The molecule has 12 heteroatoms. The predicted octanol–water partition coefficient (Wildman–Crippen LogP) is 6.27. The highest BCUT2D eigenvalue weighted by Crippen LogP contribution is 2.30. The number of amides is 1. The summed E-state index contributed by atoms with van der Waals surface area (Å²) in [7, 11) is -0.945. The van der Waals surface area contributed by atoms with Crippen LogP contribution in [0.3, 0.4) is 0 Å². The number of rotatable bonds is 14. The molecule has 11 nitrogen and oxygen atoms in total. The van der Waals surface area contributed by atoms with Gasteiger partial charge in [0, 0.05) is 30.8 Å². The summed E-state index contributed by atoms with van der Waals surface area (Å²) in [6.07, 6.45) is 2.50. The lowest BCUT2D eigenvalue weighted by Gasteiger charge is -2.39. The van der Waals surface area contributed by atoms with Crippen molar-refractivity contribution in [1.82, 2.24) is 20.0 Å². The van der Waals surface area contributed by atoms with Gasteiger partial charge in [-0.1, -0.05) is 64.4 Å². The molecule has 0 aliphatic carbocycles. The monoisotopic (exact) mass is 639 g/mol. The quantitative estimate of drug-likeness (QED) is 0.160. The number of hydrogen-bond acceptors (Lipinski definition) is 9. The highest BCUT2D eigenvalue weighted by molar-refractivity contribution is 7.92. The third kappa shape index (κ3) is 9.73. The van der Waals surface area contributed by atoms with Gasteiger partial charge in [0.2, 0.25) is 11.8 Å². The molecule has 0 saturated carbocycles.